The zero-order valence-electron chi connectivity index (χ0n) is 12.9. The molecule has 0 radical (unpaired) electrons. The minimum Gasteiger partial charge on any atom is -0.393 e. The molecule has 0 heterocycles. The molecule has 2 nitrogen and oxygen atoms in total. The Balaban J connectivity index is 1.94. The van der Waals surface area contributed by atoms with Gasteiger partial charge >= 0.3 is 0 Å². The van der Waals surface area contributed by atoms with E-state index >= 15 is 0 Å². The molecule has 1 fully saturated rings. The van der Waals surface area contributed by atoms with Gasteiger partial charge in [0.05, 0.1) is 6.10 Å². The minimum absolute atomic E-state index is 0.0770. The Morgan fingerprint density at radius 3 is 2.10 bits per heavy atom. The van der Waals surface area contributed by atoms with Crippen LogP contribution in [0.25, 0.3) is 0 Å². The fourth-order valence-electron chi connectivity index (χ4n) is 3.13. The number of aliphatic hydroxyl groups excluding tert-OH is 1. The predicted octanol–water partition coefficient (Wildman–Crippen LogP) is 3.88. The highest BCUT2D eigenvalue weighted by Gasteiger charge is 2.20. The Hall–Kier alpha value is -1.38. The van der Waals surface area contributed by atoms with Crippen LogP contribution in [0.1, 0.15) is 42.7 Å². The lowest BCUT2D eigenvalue weighted by Gasteiger charge is -2.26. The van der Waals surface area contributed by atoms with Crippen LogP contribution >= 0.6 is 0 Å². The van der Waals surface area contributed by atoms with Crippen molar-refractivity contribution in [3.63, 3.8) is 0 Å². The summed E-state index contributed by atoms with van der Waals surface area (Å²) in [6.07, 6.45) is 7.90. The van der Waals surface area contributed by atoms with E-state index in [9.17, 15) is 5.11 Å². The average Bonchev–Trinajstić information content (AvgIpc) is 2.49. The van der Waals surface area contributed by atoms with Gasteiger partial charge in [-0.3, -0.25) is 4.90 Å². The van der Waals surface area contributed by atoms with Crippen molar-refractivity contribution in [2.45, 2.75) is 44.2 Å². The van der Waals surface area contributed by atoms with E-state index in [1.807, 2.05) is 12.2 Å². The minimum atomic E-state index is -0.0770. The Bertz CT molecular complexity index is 433. The van der Waals surface area contributed by atoms with E-state index in [1.165, 1.54) is 11.1 Å². The second kappa shape index (κ2) is 8.16. The Morgan fingerprint density at radius 2 is 1.57 bits per heavy atom. The molecule has 0 saturated heterocycles. The molecular weight excluding hydrogens is 258 g/mol. The van der Waals surface area contributed by atoms with Gasteiger partial charge in [-0.15, -0.1) is 13.2 Å². The van der Waals surface area contributed by atoms with Crippen LogP contribution in [0.5, 0.6) is 0 Å². The van der Waals surface area contributed by atoms with Crippen molar-refractivity contribution in [2.75, 3.05) is 13.1 Å². The maximum Gasteiger partial charge on any atom is 0.0540 e. The highest BCUT2D eigenvalue weighted by Crippen LogP contribution is 2.32. The molecule has 2 rings (SSSR count). The van der Waals surface area contributed by atoms with Crippen LogP contribution in [0.2, 0.25) is 0 Å². The molecule has 1 N–H and O–H groups in total. The largest absolute Gasteiger partial charge is 0.393 e. The van der Waals surface area contributed by atoms with Crippen LogP contribution in [-0.2, 0) is 6.54 Å². The molecule has 2 heteroatoms. The molecule has 1 aromatic carbocycles. The lowest BCUT2D eigenvalue weighted by Crippen LogP contribution is -2.23. The first-order chi connectivity index (χ1) is 10.2. The molecule has 1 aliphatic rings. The molecule has 0 bridgehead atoms. The molecule has 0 amide bonds. The molecule has 21 heavy (non-hydrogen) atoms. The van der Waals surface area contributed by atoms with Crippen molar-refractivity contribution < 1.29 is 5.11 Å². The van der Waals surface area contributed by atoms with Gasteiger partial charge in [-0.1, -0.05) is 36.4 Å². The molecule has 0 aromatic heterocycles. The number of nitrogens with zero attached hydrogens (tertiary/aromatic N) is 1. The van der Waals surface area contributed by atoms with Crippen molar-refractivity contribution in [2.24, 2.45) is 0 Å². The molecule has 0 spiro atoms. The lowest BCUT2D eigenvalue weighted by molar-refractivity contribution is 0.122. The first kappa shape index (κ1) is 16.0. The monoisotopic (exact) mass is 285 g/mol. The summed E-state index contributed by atoms with van der Waals surface area (Å²) in [6, 6.07) is 8.99. The first-order valence-electron chi connectivity index (χ1n) is 7.94. The number of hydrogen-bond donors (Lipinski definition) is 1. The number of rotatable bonds is 7. The molecular formula is C19H27NO. The summed E-state index contributed by atoms with van der Waals surface area (Å²) < 4.78 is 0. The average molecular weight is 285 g/mol. The topological polar surface area (TPSA) is 23.5 Å². The van der Waals surface area contributed by atoms with E-state index in [0.29, 0.717) is 5.92 Å². The van der Waals surface area contributed by atoms with Gasteiger partial charge in [0.25, 0.3) is 0 Å². The lowest BCUT2D eigenvalue weighted by atomic mass is 9.82. The number of aliphatic hydroxyl groups is 1. The van der Waals surface area contributed by atoms with Crippen molar-refractivity contribution in [1.29, 1.82) is 0 Å². The summed E-state index contributed by atoms with van der Waals surface area (Å²) >= 11 is 0. The van der Waals surface area contributed by atoms with Crippen LogP contribution in [-0.4, -0.2) is 29.2 Å². The quantitative estimate of drug-likeness (QED) is 0.769. The Morgan fingerprint density at radius 1 is 1.00 bits per heavy atom. The van der Waals surface area contributed by atoms with E-state index < -0.39 is 0 Å². The molecule has 1 saturated carbocycles. The second-order valence-electron chi connectivity index (χ2n) is 6.02. The maximum absolute atomic E-state index is 9.60. The van der Waals surface area contributed by atoms with Crippen molar-refractivity contribution in [3.05, 3.63) is 60.7 Å². The van der Waals surface area contributed by atoms with Crippen LogP contribution < -0.4 is 0 Å². The van der Waals surface area contributed by atoms with Crippen LogP contribution in [0.3, 0.4) is 0 Å². The van der Waals surface area contributed by atoms with Crippen LogP contribution in [0, 0.1) is 0 Å². The summed E-state index contributed by atoms with van der Waals surface area (Å²) in [4.78, 5) is 2.31. The zero-order chi connectivity index (χ0) is 15.1. The molecule has 0 unspecified atom stereocenters. The highest BCUT2D eigenvalue weighted by molar-refractivity contribution is 5.26. The van der Waals surface area contributed by atoms with E-state index in [2.05, 4.69) is 42.3 Å². The SMILES string of the molecule is C=CCN(CC=C)Cc1ccc(C2CCC(O)CC2)cc1. The van der Waals surface area contributed by atoms with Gasteiger partial charge in [0.1, 0.15) is 0 Å². The predicted molar refractivity (Wildman–Crippen MR) is 89.3 cm³/mol. The smallest absolute Gasteiger partial charge is 0.0540 e. The first-order valence-corrected chi connectivity index (χ1v) is 7.94. The van der Waals surface area contributed by atoms with Gasteiger partial charge in [0.15, 0.2) is 0 Å². The highest BCUT2D eigenvalue weighted by atomic mass is 16.3. The Labute approximate surface area is 128 Å². The van der Waals surface area contributed by atoms with E-state index in [-0.39, 0.29) is 6.10 Å². The van der Waals surface area contributed by atoms with Gasteiger partial charge in [-0.25, -0.2) is 0 Å². The standard InChI is InChI=1S/C19H27NO/c1-3-13-20(14-4-2)15-16-5-7-17(8-6-16)18-9-11-19(21)12-10-18/h3-8,18-19,21H,1-2,9-15H2. The number of benzene rings is 1. The molecule has 114 valence electrons. The summed E-state index contributed by atoms with van der Waals surface area (Å²) in [7, 11) is 0. The fourth-order valence-corrected chi connectivity index (χ4v) is 3.13. The summed E-state index contributed by atoms with van der Waals surface area (Å²) in [5.74, 6) is 0.625. The fraction of sp³-hybridized carbons (Fsp3) is 0.474. The van der Waals surface area contributed by atoms with Gasteiger partial charge in [-0.05, 0) is 42.7 Å². The van der Waals surface area contributed by atoms with E-state index in [0.717, 1.165) is 45.3 Å². The van der Waals surface area contributed by atoms with E-state index in [4.69, 9.17) is 0 Å². The number of hydrogen-bond acceptors (Lipinski definition) is 2. The molecule has 1 aromatic rings. The van der Waals surface area contributed by atoms with Gasteiger partial charge < -0.3 is 5.11 Å². The van der Waals surface area contributed by atoms with Crippen molar-refractivity contribution >= 4 is 0 Å². The van der Waals surface area contributed by atoms with Gasteiger partial charge in [-0.2, -0.15) is 0 Å². The third-order valence-corrected chi connectivity index (χ3v) is 4.33. The van der Waals surface area contributed by atoms with Crippen molar-refractivity contribution in [3.8, 4) is 0 Å². The summed E-state index contributed by atoms with van der Waals surface area (Å²) in [5.41, 5.74) is 2.75. The van der Waals surface area contributed by atoms with Gasteiger partial charge in [0.2, 0.25) is 0 Å². The summed E-state index contributed by atoms with van der Waals surface area (Å²) in [5, 5.41) is 9.60. The van der Waals surface area contributed by atoms with Crippen LogP contribution in [0.4, 0.5) is 0 Å². The zero-order valence-corrected chi connectivity index (χ0v) is 12.9. The van der Waals surface area contributed by atoms with Crippen molar-refractivity contribution in [1.82, 2.24) is 4.90 Å². The molecule has 1 aliphatic carbocycles. The van der Waals surface area contributed by atoms with Crippen LogP contribution in [0.15, 0.2) is 49.6 Å². The van der Waals surface area contributed by atoms with Gasteiger partial charge in [0, 0.05) is 19.6 Å². The third-order valence-electron chi connectivity index (χ3n) is 4.33. The summed E-state index contributed by atoms with van der Waals surface area (Å²) in [6.45, 7) is 10.3. The van der Waals surface area contributed by atoms with E-state index in [1.54, 1.807) is 0 Å². The normalized spacial score (nSPS) is 22.2. The maximum atomic E-state index is 9.60. The molecule has 0 aliphatic heterocycles. The second-order valence-corrected chi connectivity index (χ2v) is 6.02. The third kappa shape index (κ3) is 4.83. The molecule has 0 atom stereocenters. The Kier molecular flexibility index (Phi) is 6.21.